The zero-order chi connectivity index (χ0) is 8.85. The normalized spacial score (nSPS) is 12.5. The molecule has 0 aliphatic rings. The molecule has 0 bridgehead atoms. The van der Waals surface area contributed by atoms with Gasteiger partial charge in [0.15, 0.2) is 6.10 Å². The van der Waals surface area contributed by atoms with Gasteiger partial charge < -0.3 is 15.6 Å². The van der Waals surface area contributed by atoms with Gasteiger partial charge >= 0.3 is 5.97 Å². The van der Waals surface area contributed by atoms with Gasteiger partial charge in [-0.2, -0.15) is 0 Å². The molecule has 5 heteroatoms. The number of hydrogen-bond acceptors (Lipinski definition) is 4. The van der Waals surface area contributed by atoms with Gasteiger partial charge in [-0.3, -0.25) is 4.79 Å². The second kappa shape index (κ2) is 4.81. The number of ether oxygens (including phenoxy) is 1. The van der Waals surface area contributed by atoms with E-state index < -0.39 is 12.1 Å². The fraction of sp³-hybridized carbons (Fsp3) is 0.667. The van der Waals surface area contributed by atoms with Crippen molar-refractivity contribution in [2.75, 3.05) is 13.7 Å². The standard InChI is InChI=1S/C6H11NO4/c1-11-5(6(9)10)2-4(8)3-7/h5H,2-3,7H2,1H3,(H,9,10). The third-order valence-corrected chi connectivity index (χ3v) is 1.20. The number of aliphatic carboxylic acids is 1. The lowest BCUT2D eigenvalue weighted by Gasteiger charge is -2.07. The van der Waals surface area contributed by atoms with Crippen LogP contribution < -0.4 is 5.73 Å². The Kier molecular flexibility index (Phi) is 4.40. The van der Waals surface area contributed by atoms with Crippen molar-refractivity contribution in [3.8, 4) is 0 Å². The van der Waals surface area contributed by atoms with Crippen LogP contribution in [0.3, 0.4) is 0 Å². The molecule has 1 atom stereocenters. The van der Waals surface area contributed by atoms with Gasteiger partial charge in [-0.25, -0.2) is 4.79 Å². The Morgan fingerprint density at radius 1 is 1.64 bits per heavy atom. The van der Waals surface area contributed by atoms with E-state index in [1.165, 1.54) is 7.11 Å². The van der Waals surface area contributed by atoms with Crippen molar-refractivity contribution in [3.63, 3.8) is 0 Å². The number of carboxylic acids is 1. The molecular formula is C6H11NO4. The zero-order valence-corrected chi connectivity index (χ0v) is 6.24. The molecule has 0 spiro atoms. The molecule has 3 N–H and O–H groups in total. The topological polar surface area (TPSA) is 89.6 Å². The van der Waals surface area contributed by atoms with Gasteiger partial charge in [0.05, 0.1) is 6.54 Å². The maximum absolute atomic E-state index is 10.6. The first-order valence-corrected chi connectivity index (χ1v) is 3.09. The van der Waals surface area contributed by atoms with E-state index in [0.717, 1.165) is 0 Å². The van der Waals surface area contributed by atoms with Gasteiger partial charge in [-0.1, -0.05) is 0 Å². The van der Waals surface area contributed by atoms with Crippen LogP contribution in [0.4, 0.5) is 0 Å². The van der Waals surface area contributed by atoms with Crippen LogP contribution in [0.1, 0.15) is 6.42 Å². The predicted molar refractivity (Wildman–Crippen MR) is 37.1 cm³/mol. The van der Waals surface area contributed by atoms with Crippen molar-refractivity contribution >= 4 is 11.8 Å². The van der Waals surface area contributed by atoms with Gasteiger partial charge in [0.2, 0.25) is 0 Å². The molecule has 0 amide bonds. The van der Waals surface area contributed by atoms with Gasteiger partial charge in [-0.05, 0) is 0 Å². The minimum Gasteiger partial charge on any atom is -0.479 e. The third-order valence-electron chi connectivity index (χ3n) is 1.20. The Morgan fingerprint density at radius 3 is 2.45 bits per heavy atom. The molecule has 64 valence electrons. The third kappa shape index (κ3) is 3.69. The van der Waals surface area contributed by atoms with E-state index in [2.05, 4.69) is 4.74 Å². The van der Waals surface area contributed by atoms with Crippen molar-refractivity contribution in [2.45, 2.75) is 12.5 Å². The molecule has 5 nitrogen and oxygen atoms in total. The molecule has 0 aliphatic heterocycles. The van der Waals surface area contributed by atoms with E-state index in [-0.39, 0.29) is 18.7 Å². The second-order valence-electron chi connectivity index (χ2n) is 2.01. The maximum atomic E-state index is 10.6. The Morgan fingerprint density at radius 2 is 2.18 bits per heavy atom. The molecule has 0 saturated carbocycles. The van der Waals surface area contributed by atoms with Crippen LogP contribution in [0.5, 0.6) is 0 Å². The van der Waals surface area contributed by atoms with Crippen LogP contribution in [-0.2, 0) is 14.3 Å². The summed E-state index contributed by atoms with van der Waals surface area (Å²) < 4.78 is 4.51. The summed E-state index contributed by atoms with van der Waals surface area (Å²) in [5.41, 5.74) is 4.98. The highest BCUT2D eigenvalue weighted by atomic mass is 16.5. The molecule has 0 rings (SSSR count). The van der Waals surface area contributed by atoms with E-state index >= 15 is 0 Å². The van der Waals surface area contributed by atoms with E-state index in [1.54, 1.807) is 0 Å². The summed E-state index contributed by atoms with van der Waals surface area (Å²) in [5, 5.41) is 8.40. The number of carbonyl (C=O) groups excluding carboxylic acids is 1. The zero-order valence-electron chi connectivity index (χ0n) is 6.24. The van der Waals surface area contributed by atoms with Gasteiger partial charge in [0.1, 0.15) is 5.78 Å². The van der Waals surface area contributed by atoms with Crippen molar-refractivity contribution in [1.29, 1.82) is 0 Å². The Bertz CT molecular complexity index is 157. The van der Waals surface area contributed by atoms with E-state index in [1.807, 2.05) is 0 Å². The van der Waals surface area contributed by atoms with Crippen molar-refractivity contribution in [3.05, 3.63) is 0 Å². The van der Waals surface area contributed by atoms with Crippen LogP contribution in [-0.4, -0.2) is 36.6 Å². The summed E-state index contributed by atoms with van der Waals surface area (Å²) in [6.07, 6.45) is -1.23. The number of carboxylic acid groups (broad SMARTS) is 1. The minimum absolute atomic E-state index is 0.146. The molecule has 11 heavy (non-hydrogen) atoms. The highest BCUT2D eigenvalue weighted by molar-refractivity contribution is 5.86. The molecule has 0 heterocycles. The lowest BCUT2D eigenvalue weighted by Crippen LogP contribution is -2.28. The first kappa shape index (κ1) is 10.1. The Hall–Kier alpha value is -0.940. The molecular weight excluding hydrogens is 150 g/mol. The van der Waals surface area contributed by atoms with E-state index in [9.17, 15) is 9.59 Å². The van der Waals surface area contributed by atoms with Crippen molar-refractivity contribution < 1.29 is 19.4 Å². The molecule has 0 saturated heterocycles. The monoisotopic (exact) mass is 161 g/mol. The quantitative estimate of drug-likeness (QED) is 0.540. The number of nitrogens with two attached hydrogens (primary N) is 1. The largest absolute Gasteiger partial charge is 0.479 e. The van der Waals surface area contributed by atoms with Gasteiger partial charge in [0, 0.05) is 13.5 Å². The fourth-order valence-electron chi connectivity index (χ4n) is 0.562. The van der Waals surface area contributed by atoms with Gasteiger partial charge in [0.25, 0.3) is 0 Å². The Labute approximate surface area is 64.1 Å². The Balaban J connectivity index is 3.88. The number of Topliss-reactive ketones (excluding diaryl/α,β-unsaturated/α-hetero) is 1. The van der Waals surface area contributed by atoms with Crippen LogP contribution >= 0.6 is 0 Å². The summed E-state index contributed by atoms with van der Waals surface area (Å²) in [7, 11) is 1.24. The summed E-state index contributed by atoms with van der Waals surface area (Å²) in [5.74, 6) is -1.46. The average molecular weight is 161 g/mol. The molecule has 0 aliphatic carbocycles. The average Bonchev–Trinajstić information content (AvgIpc) is 1.99. The van der Waals surface area contributed by atoms with Crippen molar-refractivity contribution in [2.24, 2.45) is 5.73 Å². The van der Waals surface area contributed by atoms with Crippen LogP contribution in [0.25, 0.3) is 0 Å². The highest BCUT2D eigenvalue weighted by Gasteiger charge is 2.18. The van der Waals surface area contributed by atoms with Crippen molar-refractivity contribution in [1.82, 2.24) is 0 Å². The van der Waals surface area contributed by atoms with E-state index in [4.69, 9.17) is 10.8 Å². The number of methoxy groups -OCH3 is 1. The first-order chi connectivity index (χ1) is 5.11. The second-order valence-corrected chi connectivity index (χ2v) is 2.01. The molecule has 0 aromatic rings. The first-order valence-electron chi connectivity index (χ1n) is 3.09. The molecule has 0 aromatic carbocycles. The molecule has 0 fully saturated rings. The fourth-order valence-corrected chi connectivity index (χ4v) is 0.562. The van der Waals surface area contributed by atoms with Crippen LogP contribution in [0.15, 0.2) is 0 Å². The maximum Gasteiger partial charge on any atom is 0.333 e. The number of rotatable bonds is 5. The number of ketones is 1. The summed E-state index contributed by atoms with van der Waals surface area (Å²) in [6, 6.07) is 0. The lowest BCUT2D eigenvalue weighted by atomic mass is 10.2. The lowest BCUT2D eigenvalue weighted by molar-refractivity contribution is -0.150. The summed E-state index contributed by atoms with van der Waals surface area (Å²) in [6.45, 7) is -0.146. The summed E-state index contributed by atoms with van der Waals surface area (Å²) >= 11 is 0. The molecule has 1 unspecified atom stereocenters. The van der Waals surface area contributed by atoms with Crippen LogP contribution in [0.2, 0.25) is 0 Å². The molecule has 0 aromatic heterocycles. The van der Waals surface area contributed by atoms with Crippen LogP contribution in [0, 0.1) is 0 Å². The predicted octanol–water partition coefficient (Wildman–Crippen LogP) is -0.996. The summed E-state index contributed by atoms with van der Waals surface area (Å²) in [4.78, 5) is 20.9. The highest BCUT2D eigenvalue weighted by Crippen LogP contribution is 1.97. The SMILES string of the molecule is COC(CC(=O)CN)C(=O)O. The van der Waals surface area contributed by atoms with Gasteiger partial charge in [-0.15, -0.1) is 0 Å². The minimum atomic E-state index is -1.14. The number of hydrogen-bond donors (Lipinski definition) is 2. The smallest absolute Gasteiger partial charge is 0.333 e. The molecule has 0 radical (unpaired) electrons. The van der Waals surface area contributed by atoms with E-state index in [0.29, 0.717) is 0 Å². The number of carbonyl (C=O) groups is 2.